The quantitative estimate of drug-likeness (QED) is 0.718. The van der Waals surface area contributed by atoms with Gasteiger partial charge in [-0.15, -0.1) is 0 Å². The summed E-state index contributed by atoms with van der Waals surface area (Å²) in [4.78, 5) is 4.17. The van der Waals surface area contributed by atoms with Crippen LogP contribution in [0.5, 0.6) is 5.75 Å². The zero-order valence-electron chi connectivity index (χ0n) is 8.14. The molecule has 0 spiro atoms. The van der Waals surface area contributed by atoms with Crippen molar-refractivity contribution in [2.45, 2.75) is 0 Å². The fourth-order valence-electron chi connectivity index (χ4n) is 1.29. The van der Waals surface area contributed by atoms with Gasteiger partial charge in [-0.05, 0) is 12.1 Å². The van der Waals surface area contributed by atoms with E-state index in [1.165, 1.54) is 0 Å². The lowest BCUT2D eigenvalue weighted by atomic mass is 10.2. The Morgan fingerprint density at radius 2 is 2.07 bits per heavy atom. The number of benzene rings is 1. The van der Waals surface area contributed by atoms with Crippen LogP contribution in [-0.4, -0.2) is 21.9 Å². The van der Waals surface area contributed by atoms with Crippen molar-refractivity contribution in [3.8, 4) is 17.1 Å². The predicted molar refractivity (Wildman–Crippen MR) is 53.0 cm³/mol. The molecule has 1 heterocycles. The number of rotatable bonds is 2. The lowest BCUT2D eigenvalue weighted by molar-refractivity contribution is 0.416. The minimum atomic E-state index is 0.685. The Morgan fingerprint density at radius 1 is 1.29 bits per heavy atom. The Balaban J connectivity index is 2.50. The van der Waals surface area contributed by atoms with Crippen LogP contribution < -0.4 is 4.74 Å². The minimum absolute atomic E-state index is 0.685. The first-order valence-electron chi connectivity index (χ1n) is 4.30. The van der Waals surface area contributed by atoms with E-state index >= 15 is 0 Å². The van der Waals surface area contributed by atoms with Gasteiger partial charge in [0.15, 0.2) is 5.82 Å². The number of aromatic nitrogens is 3. The summed E-state index contributed by atoms with van der Waals surface area (Å²) in [6.45, 7) is 0. The molecule has 0 bridgehead atoms. The van der Waals surface area contributed by atoms with Gasteiger partial charge in [0.2, 0.25) is 0 Å². The maximum absolute atomic E-state index is 5.22. The molecule has 2 rings (SSSR count). The van der Waals surface area contributed by atoms with E-state index in [2.05, 4.69) is 10.1 Å². The van der Waals surface area contributed by atoms with Crippen LogP contribution in [0.1, 0.15) is 0 Å². The third kappa shape index (κ3) is 1.46. The maximum atomic E-state index is 5.22. The number of aryl methyl sites for hydroxylation is 1. The summed E-state index contributed by atoms with van der Waals surface area (Å²) in [5.41, 5.74) is 0.913. The largest absolute Gasteiger partial charge is 0.496 e. The molecule has 4 heteroatoms. The molecule has 1 aromatic carbocycles. The van der Waals surface area contributed by atoms with E-state index in [1.54, 1.807) is 18.1 Å². The highest BCUT2D eigenvalue weighted by molar-refractivity contribution is 5.63. The molecule has 0 amide bonds. The Labute approximate surface area is 82.2 Å². The van der Waals surface area contributed by atoms with E-state index in [4.69, 9.17) is 4.74 Å². The molecule has 0 aliphatic carbocycles. The first-order valence-corrected chi connectivity index (χ1v) is 4.30. The molecule has 0 saturated heterocycles. The van der Waals surface area contributed by atoms with Crippen LogP contribution in [0, 0.1) is 0 Å². The van der Waals surface area contributed by atoms with Crippen LogP contribution in [-0.2, 0) is 7.05 Å². The molecule has 0 fully saturated rings. The summed E-state index contributed by atoms with van der Waals surface area (Å²) in [5, 5.41) is 4.22. The average molecular weight is 189 g/mol. The third-order valence-corrected chi connectivity index (χ3v) is 1.95. The minimum Gasteiger partial charge on any atom is -0.496 e. The number of hydrogen-bond donors (Lipinski definition) is 0. The average Bonchev–Trinajstić information content (AvgIpc) is 2.65. The molecule has 72 valence electrons. The highest BCUT2D eigenvalue weighted by Gasteiger charge is 2.07. The lowest BCUT2D eigenvalue weighted by Crippen LogP contribution is -1.91. The Bertz CT molecular complexity index is 436. The molecular formula is C10H11N3O. The molecule has 0 N–H and O–H groups in total. The van der Waals surface area contributed by atoms with Gasteiger partial charge < -0.3 is 4.74 Å². The first-order chi connectivity index (χ1) is 6.81. The Morgan fingerprint density at radius 3 is 2.71 bits per heavy atom. The highest BCUT2D eigenvalue weighted by Crippen LogP contribution is 2.25. The monoisotopic (exact) mass is 189 g/mol. The van der Waals surface area contributed by atoms with Crippen LogP contribution in [0.15, 0.2) is 30.6 Å². The molecule has 0 aliphatic rings. The maximum Gasteiger partial charge on any atom is 0.184 e. The number of methoxy groups -OCH3 is 1. The molecule has 4 nitrogen and oxygen atoms in total. The number of nitrogens with zero attached hydrogens (tertiary/aromatic N) is 3. The van der Waals surface area contributed by atoms with Crippen molar-refractivity contribution in [2.24, 2.45) is 7.05 Å². The molecule has 14 heavy (non-hydrogen) atoms. The van der Waals surface area contributed by atoms with Crippen LogP contribution in [0.2, 0.25) is 0 Å². The topological polar surface area (TPSA) is 39.9 Å². The van der Waals surface area contributed by atoms with Gasteiger partial charge in [0.25, 0.3) is 0 Å². The van der Waals surface area contributed by atoms with Gasteiger partial charge in [-0.3, -0.25) is 4.68 Å². The highest BCUT2D eigenvalue weighted by atomic mass is 16.5. The summed E-state index contributed by atoms with van der Waals surface area (Å²) in [7, 11) is 3.48. The summed E-state index contributed by atoms with van der Waals surface area (Å²) in [6.07, 6.45) is 1.67. The number of para-hydroxylation sites is 1. The molecular weight excluding hydrogens is 178 g/mol. The molecule has 0 radical (unpaired) electrons. The summed E-state index contributed by atoms with van der Waals surface area (Å²) in [6, 6.07) is 7.69. The van der Waals surface area contributed by atoms with Crippen molar-refractivity contribution in [1.82, 2.24) is 14.8 Å². The number of hydrogen-bond acceptors (Lipinski definition) is 3. The van der Waals surface area contributed by atoms with Crippen molar-refractivity contribution in [3.63, 3.8) is 0 Å². The summed E-state index contributed by atoms with van der Waals surface area (Å²) >= 11 is 0. The van der Waals surface area contributed by atoms with E-state index in [-0.39, 0.29) is 0 Å². The van der Waals surface area contributed by atoms with Gasteiger partial charge in [0, 0.05) is 7.05 Å². The SMILES string of the molecule is COc1ccccc1-c1ncn(C)n1. The molecule has 0 atom stereocenters. The van der Waals surface area contributed by atoms with E-state index < -0.39 is 0 Å². The normalized spacial score (nSPS) is 10.1. The van der Waals surface area contributed by atoms with Gasteiger partial charge >= 0.3 is 0 Å². The molecule has 2 aromatic rings. The van der Waals surface area contributed by atoms with Gasteiger partial charge in [0.1, 0.15) is 12.1 Å². The standard InChI is InChI=1S/C10H11N3O/c1-13-7-11-10(12-13)8-5-3-4-6-9(8)14-2/h3-7H,1-2H3. The Kier molecular flexibility index (Phi) is 2.18. The van der Waals surface area contributed by atoms with Crippen molar-refractivity contribution in [1.29, 1.82) is 0 Å². The van der Waals surface area contributed by atoms with E-state index in [1.807, 2.05) is 31.3 Å². The van der Waals surface area contributed by atoms with Gasteiger partial charge in [0.05, 0.1) is 12.7 Å². The van der Waals surface area contributed by atoms with Crippen molar-refractivity contribution in [3.05, 3.63) is 30.6 Å². The van der Waals surface area contributed by atoms with E-state index in [9.17, 15) is 0 Å². The van der Waals surface area contributed by atoms with E-state index in [0.717, 1.165) is 11.3 Å². The molecule has 0 unspecified atom stereocenters. The lowest BCUT2D eigenvalue weighted by Gasteiger charge is -2.03. The number of ether oxygens (including phenoxy) is 1. The first kappa shape index (κ1) is 8.74. The van der Waals surface area contributed by atoms with Gasteiger partial charge in [-0.1, -0.05) is 12.1 Å². The van der Waals surface area contributed by atoms with Crippen LogP contribution in [0.3, 0.4) is 0 Å². The molecule has 0 aliphatic heterocycles. The summed E-state index contributed by atoms with van der Waals surface area (Å²) < 4.78 is 6.89. The van der Waals surface area contributed by atoms with Gasteiger partial charge in [-0.2, -0.15) is 5.10 Å². The third-order valence-electron chi connectivity index (χ3n) is 1.95. The second-order valence-electron chi connectivity index (χ2n) is 2.94. The van der Waals surface area contributed by atoms with Crippen molar-refractivity contribution < 1.29 is 4.74 Å². The van der Waals surface area contributed by atoms with E-state index in [0.29, 0.717) is 5.82 Å². The molecule has 1 aromatic heterocycles. The fourth-order valence-corrected chi connectivity index (χ4v) is 1.29. The van der Waals surface area contributed by atoms with Crippen molar-refractivity contribution in [2.75, 3.05) is 7.11 Å². The predicted octanol–water partition coefficient (Wildman–Crippen LogP) is 1.49. The van der Waals surface area contributed by atoms with Crippen molar-refractivity contribution >= 4 is 0 Å². The zero-order valence-corrected chi connectivity index (χ0v) is 8.14. The van der Waals surface area contributed by atoms with Gasteiger partial charge in [-0.25, -0.2) is 4.98 Å². The second-order valence-corrected chi connectivity index (χ2v) is 2.94. The Hall–Kier alpha value is -1.84. The van der Waals surface area contributed by atoms with Crippen LogP contribution in [0.25, 0.3) is 11.4 Å². The van der Waals surface area contributed by atoms with Crippen LogP contribution >= 0.6 is 0 Å². The second kappa shape index (κ2) is 3.49. The van der Waals surface area contributed by atoms with Crippen LogP contribution in [0.4, 0.5) is 0 Å². The fraction of sp³-hybridized carbons (Fsp3) is 0.200. The molecule has 0 saturated carbocycles. The zero-order chi connectivity index (χ0) is 9.97. The summed E-state index contributed by atoms with van der Waals surface area (Å²) in [5.74, 6) is 1.48. The smallest absolute Gasteiger partial charge is 0.184 e.